The number of rotatable bonds is 6. The molecular weight excluding hydrogens is 502 g/mol. The van der Waals surface area contributed by atoms with Gasteiger partial charge in [0.2, 0.25) is 0 Å². The van der Waals surface area contributed by atoms with Crippen molar-refractivity contribution in [3.63, 3.8) is 0 Å². The van der Waals surface area contributed by atoms with Crippen molar-refractivity contribution in [1.29, 1.82) is 0 Å². The normalized spacial score (nSPS) is 14.2. The fourth-order valence-corrected chi connectivity index (χ4v) is 5.31. The van der Waals surface area contributed by atoms with E-state index in [2.05, 4.69) is 16.0 Å². The summed E-state index contributed by atoms with van der Waals surface area (Å²) in [5, 5.41) is 8.03. The Kier molecular flexibility index (Phi) is 6.74. The fraction of sp³-hybridized carbons (Fsp3) is 0.188. The summed E-state index contributed by atoms with van der Waals surface area (Å²) in [6.45, 7) is 4.88. The van der Waals surface area contributed by atoms with Crippen LogP contribution in [-0.4, -0.2) is 39.0 Å². The summed E-state index contributed by atoms with van der Waals surface area (Å²) < 4.78 is 15.2. The van der Waals surface area contributed by atoms with Crippen LogP contribution >= 0.6 is 0 Å². The molecule has 1 N–H and O–H groups in total. The SMILES string of the molecule is CCOc1ccc(NC(=O)N2Cc3c(C)nn(-c4ccccc4)c3-n3cccc3[C@@H]2c2cccc(OC)c2)cc1. The van der Waals surface area contributed by atoms with Crippen LogP contribution < -0.4 is 14.8 Å². The van der Waals surface area contributed by atoms with Crippen LogP contribution in [0.1, 0.15) is 35.5 Å². The number of carbonyl (C=O) groups is 1. The number of benzene rings is 3. The fourth-order valence-electron chi connectivity index (χ4n) is 5.31. The minimum atomic E-state index is -0.385. The quantitative estimate of drug-likeness (QED) is 0.270. The van der Waals surface area contributed by atoms with E-state index in [0.717, 1.165) is 45.5 Å². The number of amides is 2. The van der Waals surface area contributed by atoms with Gasteiger partial charge in [-0.15, -0.1) is 0 Å². The smallest absolute Gasteiger partial charge is 0.322 e. The van der Waals surface area contributed by atoms with Gasteiger partial charge in [0.1, 0.15) is 17.3 Å². The van der Waals surface area contributed by atoms with E-state index in [4.69, 9.17) is 14.6 Å². The van der Waals surface area contributed by atoms with Crippen molar-refractivity contribution >= 4 is 11.7 Å². The first-order chi connectivity index (χ1) is 19.6. The van der Waals surface area contributed by atoms with Gasteiger partial charge in [-0.05, 0) is 80.1 Å². The second kappa shape index (κ2) is 10.6. The minimum absolute atomic E-state index is 0.218. The third-order valence-corrected chi connectivity index (χ3v) is 7.17. The number of methoxy groups -OCH3 is 1. The molecule has 3 heterocycles. The maximum atomic E-state index is 14.1. The first-order valence-corrected chi connectivity index (χ1v) is 13.3. The molecule has 0 aliphatic carbocycles. The number of para-hydroxylation sites is 1. The molecule has 3 aromatic carbocycles. The van der Waals surface area contributed by atoms with Gasteiger partial charge in [-0.3, -0.25) is 0 Å². The van der Waals surface area contributed by atoms with Crippen molar-refractivity contribution in [2.45, 2.75) is 26.4 Å². The van der Waals surface area contributed by atoms with Gasteiger partial charge in [-0.2, -0.15) is 5.10 Å². The summed E-state index contributed by atoms with van der Waals surface area (Å²) in [4.78, 5) is 16.0. The summed E-state index contributed by atoms with van der Waals surface area (Å²) in [7, 11) is 1.65. The Morgan fingerprint density at radius 1 is 0.975 bits per heavy atom. The average Bonchev–Trinajstić information content (AvgIpc) is 3.55. The van der Waals surface area contributed by atoms with Crippen LogP contribution in [0.15, 0.2) is 97.2 Å². The number of anilines is 1. The number of carbonyl (C=O) groups excluding carboxylic acids is 1. The molecule has 0 unspecified atom stereocenters. The van der Waals surface area contributed by atoms with Gasteiger partial charge in [0.05, 0.1) is 43.4 Å². The first-order valence-electron chi connectivity index (χ1n) is 13.3. The molecule has 0 spiro atoms. The Morgan fingerprint density at radius 3 is 2.52 bits per heavy atom. The van der Waals surface area contributed by atoms with Crippen molar-refractivity contribution in [3.8, 4) is 23.0 Å². The number of nitrogens with one attached hydrogen (secondary N) is 1. The van der Waals surface area contributed by atoms with Crippen molar-refractivity contribution < 1.29 is 14.3 Å². The Balaban J connectivity index is 1.49. The molecule has 0 bridgehead atoms. The third-order valence-electron chi connectivity index (χ3n) is 7.17. The van der Waals surface area contributed by atoms with Crippen molar-refractivity contribution in [3.05, 3.63) is 120 Å². The van der Waals surface area contributed by atoms with E-state index in [1.807, 2.05) is 115 Å². The largest absolute Gasteiger partial charge is 0.497 e. The molecule has 8 nitrogen and oxygen atoms in total. The van der Waals surface area contributed by atoms with E-state index >= 15 is 0 Å². The van der Waals surface area contributed by atoms with Crippen LogP contribution in [0.5, 0.6) is 11.5 Å². The van der Waals surface area contributed by atoms with Crippen molar-refractivity contribution in [1.82, 2.24) is 19.2 Å². The lowest BCUT2D eigenvalue weighted by Crippen LogP contribution is -2.38. The van der Waals surface area contributed by atoms with E-state index in [-0.39, 0.29) is 12.1 Å². The molecule has 1 atom stereocenters. The van der Waals surface area contributed by atoms with Gasteiger partial charge >= 0.3 is 6.03 Å². The molecule has 2 aromatic heterocycles. The molecule has 202 valence electrons. The molecule has 8 heteroatoms. The highest BCUT2D eigenvalue weighted by atomic mass is 16.5. The van der Waals surface area contributed by atoms with Crippen LogP contribution in [-0.2, 0) is 6.54 Å². The molecule has 40 heavy (non-hydrogen) atoms. The molecular formula is C32H31N5O3. The van der Waals surface area contributed by atoms with Crippen LogP contribution in [0.3, 0.4) is 0 Å². The zero-order valence-electron chi connectivity index (χ0n) is 22.7. The van der Waals surface area contributed by atoms with Gasteiger partial charge < -0.3 is 24.3 Å². The number of aromatic nitrogens is 3. The Bertz CT molecular complexity index is 1640. The van der Waals surface area contributed by atoms with Crippen LogP contribution in [0.2, 0.25) is 0 Å². The van der Waals surface area contributed by atoms with Crippen LogP contribution in [0.25, 0.3) is 11.5 Å². The number of aryl methyl sites for hydroxylation is 1. The van der Waals surface area contributed by atoms with E-state index in [1.165, 1.54) is 0 Å². The lowest BCUT2D eigenvalue weighted by Gasteiger charge is -2.31. The molecule has 6 rings (SSSR count). The second-order valence-corrected chi connectivity index (χ2v) is 9.63. The zero-order chi connectivity index (χ0) is 27.6. The molecule has 2 amide bonds. The Morgan fingerprint density at radius 2 is 1.77 bits per heavy atom. The predicted molar refractivity (Wildman–Crippen MR) is 155 cm³/mol. The molecule has 0 fully saturated rings. The maximum absolute atomic E-state index is 14.1. The van der Waals surface area contributed by atoms with Crippen LogP contribution in [0, 0.1) is 6.92 Å². The lowest BCUT2D eigenvalue weighted by atomic mass is 10.0. The molecule has 1 aliphatic heterocycles. The van der Waals surface area contributed by atoms with E-state index < -0.39 is 0 Å². The zero-order valence-corrected chi connectivity index (χ0v) is 22.7. The number of hydrogen-bond donors (Lipinski definition) is 1. The van der Waals surface area contributed by atoms with Gasteiger partial charge in [0.15, 0.2) is 0 Å². The summed E-state index contributed by atoms with van der Waals surface area (Å²) in [6.07, 6.45) is 2.04. The van der Waals surface area contributed by atoms with Gasteiger partial charge in [-0.1, -0.05) is 30.3 Å². The van der Waals surface area contributed by atoms with E-state index in [0.29, 0.717) is 18.8 Å². The molecule has 0 saturated carbocycles. The minimum Gasteiger partial charge on any atom is -0.497 e. The average molecular weight is 534 g/mol. The lowest BCUT2D eigenvalue weighted by molar-refractivity contribution is 0.194. The molecule has 0 saturated heterocycles. The highest BCUT2D eigenvalue weighted by Gasteiger charge is 2.36. The van der Waals surface area contributed by atoms with Gasteiger partial charge in [-0.25, -0.2) is 9.48 Å². The van der Waals surface area contributed by atoms with Crippen LogP contribution in [0.4, 0.5) is 10.5 Å². The number of ether oxygens (including phenoxy) is 2. The van der Waals surface area contributed by atoms with E-state index in [9.17, 15) is 4.79 Å². The number of urea groups is 1. The van der Waals surface area contributed by atoms with Crippen molar-refractivity contribution in [2.24, 2.45) is 0 Å². The molecule has 1 aliphatic rings. The number of nitrogens with zero attached hydrogens (tertiary/aromatic N) is 4. The van der Waals surface area contributed by atoms with Crippen molar-refractivity contribution in [2.75, 3.05) is 19.0 Å². The summed E-state index contributed by atoms with van der Waals surface area (Å²) in [6, 6.07) is 28.9. The highest BCUT2D eigenvalue weighted by Crippen LogP contribution is 2.39. The Hall–Kier alpha value is -4.98. The Labute approximate surface area is 233 Å². The maximum Gasteiger partial charge on any atom is 0.322 e. The number of fused-ring (bicyclic) bond motifs is 3. The summed E-state index contributed by atoms with van der Waals surface area (Å²) >= 11 is 0. The predicted octanol–water partition coefficient (Wildman–Crippen LogP) is 6.52. The second-order valence-electron chi connectivity index (χ2n) is 9.63. The summed E-state index contributed by atoms with van der Waals surface area (Å²) in [5.41, 5.74) is 5.39. The van der Waals surface area contributed by atoms with Gasteiger partial charge in [0, 0.05) is 17.4 Å². The molecule has 5 aromatic rings. The van der Waals surface area contributed by atoms with Gasteiger partial charge in [0.25, 0.3) is 0 Å². The topological polar surface area (TPSA) is 73.5 Å². The van der Waals surface area contributed by atoms with E-state index in [1.54, 1.807) is 7.11 Å². The third kappa shape index (κ3) is 4.58. The first kappa shape index (κ1) is 25.3. The molecule has 0 radical (unpaired) electrons. The number of hydrogen-bond acceptors (Lipinski definition) is 4. The monoisotopic (exact) mass is 533 g/mol. The standard InChI is InChI=1S/C32H31N5O3/c1-4-40-26-17-15-24(16-18-26)33-32(38)36-21-28-22(2)34-37(25-11-6-5-7-12-25)31(28)35-19-9-14-29(35)30(36)23-10-8-13-27(20-23)39-3/h5-20,30H,4,21H2,1-3H3,(H,33,38)/t30-/m0/s1. The highest BCUT2D eigenvalue weighted by molar-refractivity contribution is 5.90. The summed E-state index contributed by atoms with van der Waals surface area (Å²) in [5.74, 6) is 2.42.